The van der Waals surface area contributed by atoms with Crippen molar-refractivity contribution < 1.29 is 74.4 Å². The lowest BCUT2D eigenvalue weighted by atomic mass is 9.81. The molecule has 0 aromatic carbocycles. The number of hydrogen-bond donors (Lipinski definition) is 8. The highest BCUT2D eigenvalue weighted by atomic mass is 17.2. The summed E-state index contributed by atoms with van der Waals surface area (Å²) in [6.45, 7) is 1.43. The van der Waals surface area contributed by atoms with Crippen LogP contribution in [0.15, 0.2) is 12.2 Å². The van der Waals surface area contributed by atoms with Crippen LogP contribution in [0.2, 0.25) is 0 Å². The summed E-state index contributed by atoms with van der Waals surface area (Å²) in [4.78, 5) is 36.6. The molecule has 0 aromatic heterocycles. The largest absolute Gasteiger partial charge is 0.394 e. The smallest absolute Gasteiger partial charge is 0.364 e. The van der Waals surface area contributed by atoms with Crippen molar-refractivity contribution in [2.75, 3.05) is 19.8 Å². The van der Waals surface area contributed by atoms with E-state index in [2.05, 4.69) is 26.0 Å². The Kier molecular flexibility index (Phi) is 27.4. The lowest BCUT2D eigenvalue weighted by Crippen LogP contribution is -2.72. The third-order valence-electron chi connectivity index (χ3n) is 11.7. The predicted molar refractivity (Wildman–Crippen MR) is 219 cm³/mol. The van der Waals surface area contributed by atoms with Crippen LogP contribution >= 0.6 is 0 Å². The van der Waals surface area contributed by atoms with Crippen LogP contribution in [-0.2, 0) is 33.6 Å². The van der Waals surface area contributed by atoms with Crippen molar-refractivity contribution in [3.63, 3.8) is 0 Å². The number of unbranched alkanes of at least 4 members (excludes halogenated alkanes) is 20. The van der Waals surface area contributed by atoms with Gasteiger partial charge in [-0.15, -0.1) is 0 Å². The molecule has 0 aliphatic carbocycles. The Morgan fingerprint density at radius 2 is 1.05 bits per heavy atom. The van der Waals surface area contributed by atoms with Crippen molar-refractivity contribution in [3.8, 4) is 0 Å². The van der Waals surface area contributed by atoms with E-state index in [-0.39, 0.29) is 19.3 Å². The molecular formula is C44H80O15. The number of ether oxygens (including phenoxy) is 3. The maximum Gasteiger partial charge on any atom is 0.364 e. The number of rotatable bonds is 33. The Morgan fingerprint density at radius 1 is 0.576 bits per heavy atom. The maximum atomic E-state index is 14.0. The first-order chi connectivity index (χ1) is 28.5. The normalized spacial score (nSPS) is 28.9. The first-order valence-electron chi connectivity index (χ1n) is 22.8. The lowest BCUT2D eigenvalue weighted by Gasteiger charge is -2.53. The summed E-state index contributed by atoms with van der Waals surface area (Å²) in [6.07, 6.45) is 14.4. The van der Waals surface area contributed by atoms with E-state index in [4.69, 9.17) is 24.0 Å². The molecule has 8 N–H and O–H groups in total. The van der Waals surface area contributed by atoms with Crippen molar-refractivity contribution in [2.24, 2.45) is 5.92 Å². The quantitative estimate of drug-likeness (QED) is 0.0189. The third-order valence-corrected chi connectivity index (χ3v) is 11.7. The number of aliphatic hydroxyl groups excluding tert-OH is 8. The molecule has 2 unspecified atom stereocenters. The van der Waals surface area contributed by atoms with E-state index in [1.807, 2.05) is 0 Å². The molecular weight excluding hydrogens is 768 g/mol. The second-order valence-electron chi connectivity index (χ2n) is 16.5. The first kappa shape index (κ1) is 53.4. The van der Waals surface area contributed by atoms with Crippen molar-refractivity contribution in [1.82, 2.24) is 0 Å². The SMILES string of the molecule is CCCCCCCC/C=C/CCCCCCC(C(=O)OOC(=O)CCCCCCCCCCCCC)[C@@]1(OC2(CO)O[C@H](CO)[C@@H](O)[C@@H]2O)O[C@H](CO)[C@@H](O)[C@H](O)[C@H]1O. The van der Waals surface area contributed by atoms with Crippen LogP contribution in [-0.4, -0.2) is 127 Å². The number of carbonyl (C=O) groups excluding carboxylic acids is 2. The van der Waals surface area contributed by atoms with Gasteiger partial charge in [-0.1, -0.05) is 142 Å². The minimum absolute atomic E-state index is 0.0330. The fraction of sp³-hybridized carbons (Fsp3) is 0.909. The summed E-state index contributed by atoms with van der Waals surface area (Å²) in [7, 11) is 0. The Hall–Kier alpha value is -1.76. The van der Waals surface area contributed by atoms with Crippen molar-refractivity contribution >= 4 is 11.9 Å². The van der Waals surface area contributed by atoms with Crippen LogP contribution in [0.25, 0.3) is 0 Å². The van der Waals surface area contributed by atoms with Crippen molar-refractivity contribution in [1.29, 1.82) is 0 Å². The molecule has 59 heavy (non-hydrogen) atoms. The van der Waals surface area contributed by atoms with E-state index in [9.17, 15) is 50.4 Å². The summed E-state index contributed by atoms with van der Waals surface area (Å²) in [5, 5.41) is 85.4. The summed E-state index contributed by atoms with van der Waals surface area (Å²) < 4.78 is 17.6. The highest BCUT2D eigenvalue weighted by molar-refractivity contribution is 5.75. The summed E-state index contributed by atoms with van der Waals surface area (Å²) >= 11 is 0. The van der Waals surface area contributed by atoms with Gasteiger partial charge in [0, 0.05) is 0 Å². The molecule has 2 aliphatic heterocycles. The Morgan fingerprint density at radius 3 is 1.54 bits per heavy atom. The number of allylic oxidation sites excluding steroid dienone is 2. The van der Waals surface area contributed by atoms with Gasteiger partial charge in [0.1, 0.15) is 55.3 Å². The van der Waals surface area contributed by atoms with Gasteiger partial charge in [0.05, 0.1) is 19.6 Å². The molecule has 15 heteroatoms. The van der Waals surface area contributed by atoms with Gasteiger partial charge in [0.25, 0.3) is 0 Å². The average molecular weight is 849 g/mol. The molecule has 346 valence electrons. The summed E-state index contributed by atoms with van der Waals surface area (Å²) in [6, 6.07) is 0. The molecule has 10 atom stereocenters. The van der Waals surface area contributed by atoms with Gasteiger partial charge >= 0.3 is 11.9 Å². The molecule has 2 fully saturated rings. The fourth-order valence-corrected chi connectivity index (χ4v) is 7.98. The molecule has 2 saturated heterocycles. The first-order valence-corrected chi connectivity index (χ1v) is 22.8. The fourth-order valence-electron chi connectivity index (χ4n) is 7.98. The van der Waals surface area contributed by atoms with Crippen molar-refractivity contribution in [3.05, 3.63) is 12.2 Å². The van der Waals surface area contributed by atoms with Crippen LogP contribution in [0.3, 0.4) is 0 Å². The van der Waals surface area contributed by atoms with Crippen LogP contribution in [0.5, 0.6) is 0 Å². The minimum atomic E-state index is -2.83. The zero-order chi connectivity index (χ0) is 43.5. The zero-order valence-electron chi connectivity index (χ0n) is 36.0. The van der Waals surface area contributed by atoms with E-state index >= 15 is 0 Å². The minimum Gasteiger partial charge on any atom is -0.394 e. The monoisotopic (exact) mass is 849 g/mol. The van der Waals surface area contributed by atoms with Crippen LogP contribution in [0, 0.1) is 5.92 Å². The van der Waals surface area contributed by atoms with Crippen LogP contribution < -0.4 is 0 Å². The van der Waals surface area contributed by atoms with Crippen LogP contribution in [0.1, 0.15) is 174 Å². The maximum absolute atomic E-state index is 14.0. The molecule has 0 amide bonds. The number of carbonyl (C=O) groups is 2. The second-order valence-corrected chi connectivity index (χ2v) is 16.5. The van der Waals surface area contributed by atoms with E-state index in [1.54, 1.807) is 0 Å². The molecule has 0 spiro atoms. The number of aliphatic hydroxyl groups is 8. The lowest BCUT2D eigenvalue weighted by molar-refractivity contribution is -0.446. The van der Waals surface area contributed by atoms with E-state index in [0.29, 0.717) is 12.8 Å². The van der Waals surface area contributed by atoms with Gasteiger partial charge in [-0.3, -0.25) is 0 Å². The molecule has 0 bridgehead atoms. The summed E-state index contributed by atoms with van der Waals surface area (Å²) in [5.74, 6) is -9.38. The molecule has 15 nitrogen and oxygen atoms in total. The third kappa shape index (κ3) is 17.5. The topological polar surface area (TPSA) is 242 Å². The van der Waals surface area contributed by atoms with Gasteiger partial charge in [-0.2, -0.15) is 0 Å². The summed E-state index contributed by atoms with van der Waals surface area (Å²) in [5.41, 5.74) is 0. The second kappa shape index (κ2) is 30.3. The standard InChI is InChI=1S/C44H80O15/c1-3-5-7-9-11-13-15-16-17-19-20-22-24-26-28-33(42(54)58-57-36(48)29-27-25-23-21-18-14-12-10-8-6-4-2)44(41(53)39(51)37(49)34(30-45)56-44)59-43(32-47)40(52)38(50)35(31-46)55-43/h16-17,33-35,37-41,45-47,49-53H,3-15,18-32H2,1-2H3/b17-16+/t33?,34-,35-,37-,38-,39+,40+,41-,43?,44+/m1/s1. The molecule has 0 radical (unpaired) electrons. The van der Waals surface area contributed by atoms with E-state index in [1.165, 1.54) is 70.6 Å². The van der Waals surface area contributed by atoms with E-state index in [0.717, 1.165) is 57.8 Å². The predicted octanol–water partition coefficient (Wildman–Crippen LogP) is 4.94. The molecule has 2 rings (SSSR count). The highest BCUT2D eigenvalue weighted by Gasteiger charge is 2.67. The van der Waals surface area contributed by atoms with E-state index < -0.39 is 92.0 Å². The van der Waals surface area contributed by atoms with Gasteiger partial charge in [0.15, 0.2) is 0 Å². The average Bonchev–Trinajstić information content (AvgIpc) is 3.48. The van der Waals surface area contributed by atoms with Gasteiger partial charge in [0.2, 0.25) is 11.6 Å². The van der Waals surface area contributed by atoms with Gasteiger partial charge in [-0.05, 0) is 38.5 Å². The molecule has 2 aliphatic rings. The molecule has 0 saturated carbocycles. The number of hydrogen-bond acceptors (Lipinski definition) is 15. The van der Waals surface area contributed by atoms with Crippen LogP contribution in [0.4, 0.5) is 0 Å². The Balaban J connectivity index is 2.16. The highest BCUT2D eigenvalue weighted by Crippen LogP contribution is 2.46. The zero-order valence-corrected chi connectivity index (χ0v) is 36.0. The van der Waals surface area contributed by atoms with Gasteiger partial charge in [-0.25, -0.2) is 19.4 Å². The molecule has 0 aromatic rings. The van der Waals surface area contributed by atoms with Crippen molar-refractivity contribution in [2.45, 2.75) is 229 Å². The van der Waals surface area contributed by atoms with Gasteiger partial charge < -0.3 is 55.1 Å². The Bertz CT molecular complexity index is 1140. The Labute approximate surface area is 352 Å². The molecule has 2 heterocycles.